The van der Waals surface area contributed by atoms with Crippen molar-refractivity contribution < 1.29 is 9.47 Å². The maximum absolute atomic E-state index is 5.43. The lowest BCUT2D eigenvalue weighted by atomic mass is 10.2. The van der Waals surface area contributed by atoms with Crippen LogP contribution in [0.2, 0.25) is 0 Å². The van der Waals surface area contributed by atoms with Crippen LogP contribution in [0.1, 0.15) is 25.1 Å². The third-order valence-electron chi connectivity index (χ3n) is 2.06. The molecule has 6 nitrogen and oxygen atoms in total. The maximum Gasteiger partial charge on any atom is 0.233 e. The van der Waals surface area contributed by atoms with Crippen LogP contribution in [-0.2, 0) is 4.74 Å². The molecule has 0 fully saturated rings. The second-order valence-corrected chi connectivity index (χ2v) is 3.29. The van der Waals surface area contributed by atoms with Crippen LogP contribution in [0.4, 0.5) is 0 Å². The van der Waals surface area contributed by atoms with Gasteiger partial charge in [0.15, 0.2) is 0 Å². The first-order valence-corrected chi connectivity index (χ1v) is 5.23. The first kappa shape index (κ1) is 12.8. The molecule has 0 spiro atoms. The third kappa shape index (κ3) is 3.73. The minimum Gasteiger partial charge on any atom is -0.480 e. The molecular formula is C10H18N4O2. The van der Waals surface area contributed by atoms with Crippen LogP contribution in [0.3, 0.4) is 0 Å². The lowest BCUT2D eigenvalue weighted by Crippen LogP contribution is -2.32. The summed E-state index contributed by atoms with van der Waals surface area (Å²) in [6.45, 7) is 3.24. The average Bonchev–Trinajstić information content (AvgIpc) is 2.35. The lowest BCUT2D eigenvalue weighted by Gasteiger charge is -2.14. The van der Waals surface area contributed by atoms with Gasteiger partial charge in [0.05, 0.1) is 25.5 Å². The molecule has 0 radical (unpaired) electrons. The predicted molar refractivity (Wildman–Crippen MR) is 59.8 cm³/mol. The number of hydrogen-bond donors (Lipinski definition) is 2. The number of hydrogen-bond acceptors (Lipinski definition) is 6. The van der Waals surface area contributed by atoms with Crippen molar-refractivity contribution in [3.05, 3.63) is 17.8 Å². The molecule has 1 heterocycles. The molecule has 0 aliphatic heterocycles. The highest BCUT2D eigenvalue weighted by molar-refractivity contribution is 5.13. The largest absolute Gasteiger partial charge is 0.480 e. The zero-order valence-electron chi connectivity index (χ0n) is 9.64. The van der Waals surface area contributed by atoms with Crippen LogP contribution >= 0.6 is 0 Å². The van der Waals surface area contributed by atoms with E-state index in [2.05, 4.69) is 22.5 Å². The molecule has 3 N–H and O–H groups in total. The normalized spacial score (nSPS) is 12.4. The van der Waals surface area contributed by atoms with Crippen LogP contribution in [0.25, 0.3) is 0 Å². The summed E-state index contributed by atoms with van der Waals surface area (Å²) in [7, 11) is 1.55. The molecule has 90 valence electrons. The molecule has 1 rings (SSSR count). The van der Waals surface area contributed by atoms with E-state index in [1.807, 2.05) is 6.07 Å². The fraction of sp³-hybridized carbons (Fsp3) is 0.600. The molecule has 1 unspecified atom stereocenters. The van der Waals surface area contributed by atoms with E-state index in [-0.39, 0.29) is 6.04 Å². The van der Waals surface area contributed by atoms with E-state index in [1.54, 1.807) is 13.2 Å². The van der Waals surface area contributed by atoms with Crippen molar-refractivity contribution in [1.82, 2.24) is 15.6 Å². The standard InChI is InChI=1S/C10H18N4O2/c1-3-6-16-7-9(12-11)8-4-5-10(15-2)14-13-8/h4-5,9,12H,3,6-7,11H2,1-2H3. The van der Waals surface area contributed by atoms with Crippen molar-refractivity contribution in [1.29, 1.82) is 0 Å². The van der Waals surface area contributed by atoms with Gasteiger partial charge in [-0.15, -0.1) is 5.10 Å². The van der Waals surface area contributed by atoms with Crippen LogP contribution in [0, 0.1) is 0 Å². The Kier molecular flexibility index (Phi) is 5.69. The molecule has 16 heavy (non-hydrogen) atoms. The van der Waals surface area contributed by atoms with Crippen LogP contribution < -0.4 is 16.0 Å². The highest BCUT2D eigenvalue weighted by Crippen LogP contribution is 2.11. The van der Waals surface area contributed by atoms with Gasteiger partial charge in [-0.05, 0) is 12.5 Å². The van der Waals surface area contributed by atoms with Crippen molar-refractivity contribution in [2.75, 3.05) is 20.3 Å². The van der Waals surface area contributed by atoms with Gasteiger partial charge in [0.1, 0.15) is 0 Å². The van der Waals surface area contributed by atoms with E-state index in [0.717, 1.165) is 12.1 Å². The fourth-order valence-corrected chi connectivity index (χ4v) is 1.19. The molecule has 0 aromatic carbocycles. The maximum atomic E-state index is 5.43. The van der Waals surface area contributed by atoms with Gasteiger partial charge in [0.2, 0.25) is 5.88 Å². The quantitative estimate of drug-likeness (QED) is 0.398. The number of nitrogens with zero attached hydrogens (tertiary/aromatic N) is 2. The number of nitrogens with two attached hydrogens (primary N) is 1. The summed E-state index contributed by atoms with van der Waals surface area (Å²) in [5.41, 5.74) is 3.38. The summed E-state index contributed by atoms with van der Waals surface area (Å²) in [6, 6.07) is 3.41. The molecule has 0 bridgehead atoms. The first-order valence-electron chi connectivity index (χ1n) is 5.23. The van der Waals surface area contributed by atoms with Gasteiger partial charge in [-0.2, -0.15) is 5.10 Å². The van der Waals surface area contributed by atoms with Crippen molar-refractivity contribution >= 4 is 0 Å². The molecule has 0 aliphatic carbocycles. The Morgan fingerprint density at radius 2 is 2.25 bits per heavy atom. The van der Waals surface area contributed by atoms with Gasteiger partial charge >= 0.3 is 0 Å². The highest BCUT2D eigenvalue weighted by Gasteiger charge is 2.11. The molecule has 1 atom stereocenters. The number of methoxy groups -OCH3 is 1. The van der Waals surface area contributed by atoms with Gasteiger partial charge in [-0.25, -0.2) is 5.43 Å². The molecule has 1 aromatic heterocycles. The van der Waals surface area contributed by atoms with Gasteiger partial charge in [0.25, 0.3) is 0 Å². The number of nitrogens with one attached hydrogen (secondary N) is 1. The third-order valence-corrected chi connectivity index (χ3v) is 2.06. The topological polar surface area (TPSA) is 82.3 Å². The first-order chi connectivity index (χ1) is 7.81. The number of aromatic nitrogens is 2. The van der Waals surface area contributed by atoms with Crippen LogP contribution in [-0.4, -0.2) is 30.5 Å². The Morgan fingerprint density at radius 3 is 2.75 bits per heavy atom. The van der Waals surface area contributed by atoms with Crippen LogP contribution in [0.15, 0.2) is 12.1 Å². The van der Waals surface area contributed by atoms with Crippen LogP contribution in [0.5, 0.6) is 5.88 Å². The summed E-state index contributed by atoms with van der Waals surface area (Å²) < 4.78 is 10.3. The Hall–Kier alpha value is -1.24. The fourth-order valence-electron chi connectivity index (χ4n) is 1.19. The van der Waals surface area contributed by atoms with Gasteiger partial charge in [-0.1, -0.05) is 6.92 Å². The Balaban J connectivity index is 2.56. The number of ether oxygens (including phenoxy) is 2. The minimum atomic E-state index is -0.148. The Morgan fingerprint density at radius 1 is 1.44 bits per heavy atom. The summed E-state index contributed by atoms with van der Waals surface area (Å²) in [5, 5.41) is 7.87. The second kappa shape index (κ2) is 7.10. The van der Waals surface area contributed by atoms with E-state index in [1.165, 1.54) is 0 Å². The van der Waals surface area contributed by atoms with E-state index in [0.29, 0.717) is 19.1 Å². The summed E-state index contributed by atoms with van der Waals surface area (Å²) in [4.78, 5) is 0. The van der Waals surface area contributed by atoms with Gasteiger partial charge in [-0.3, -0.25) is 5.84 Å². The second-order valence-electron chi connectivity index (χ2n) is 3.29. The number of hydrazine groups is 1. The van der Waals surface area contributed by atoms with Crippen molar-refractivity contribution in [3.8, 4) is 5.88 Å². The van der Waals surface area contributed by atoms with E-state index in [4.69, 9.17) is 15.3 Å². The highest BCUT2D eigenvalue weighted by atomic mass is 16.5. The van der Waals surface area contributed by atoms with E-state index in [9.17, 15) is 0 Å². The monoisotopic (exact) mass is 226 g/mol. The average molecular weight is 226 g/mol. The van der Waals surface area contributed by atoms with Gasteiger partial charge in [0, 0.05) is 12.7 Å². The summed E-state index contributed by atoms with van der Waals surface area (Å²) >= 11 is 0. The van der Waals surface area contributed by atoms with Crippen molar-refractivity contribution in [2.45, 2.75) is 19.4 Å². The lowest BCUT2D eigenvalue weighted by molar-refractivity contribution is 0.110. The molecule has 0 aliphatic rings. The van der Waals surface area contributed by atoms with Crippen molar-refractivity contribution in [2.24, 2.45) is 5.84 Å². The zero-order chi connectivity index (χ0) is 11.8. The number of rotatable bonds is 7. The molecular weight excluding hydrogens is 208 g/mol. The Bertz CT molecular complexity index is 291. The molecule has 1 aromatic rings. The smallest absolute Gasteiger partial charge is 0.233 e. The Labute approximate surface area is 95.1 Å². The SMILES string of the molecule is CCCOCC(NN)c1ccc(OC)nn1. The zero-order valence-corrected chi connectivity index (χ0v) is 9.64. The molecule has 0 saturated heterocycles. The molecule has 0 saturated carbocycles. The van der Waals surface area contributed by atoms with Gasteiger partial charge < -0.3 is 9.47 Å². The predicted octanol–water partition coefficient (Wildman–Crippen LogP) is 0.416. The van der Waals surface area contributed by atoms with E-state index >= 15 is 0 Å². The molecule has 0 amide bonds. The summed E-state index contributed by atoms with van der Waals surface area (Å²) in [6.07, 6.45) is 0.978. The van der Waals surface area contributed by atoms with Crippen molar-refractivity contribution in [3.63, 3.8) is 0 Å². The van der Waals surface area contributed by atoms with E-state index < -0.39 is 0 Å². The minimum absolute atomic E-state index is 0.148. The molecule has 6 heteroatoms. The summed E-state index contributed by atoms with van der Waals surface area (Å²) in [5.74, 6) is 5.91.